The van der Waals surface area contributed by atoms with Gasteiger partial charge >= 0.3 is 0 Å². The van der Waals surface area contributed by atoms with E-state index in [0.29, 0.717) is 5.25 Å². The predicted octanol–water partition coefficient (Wildman–Crippen LogP) is 3.89. The zero-order chi connectivity index (χ0) is 7.56. The second-order valence-corrected chi connectivity index (χ2v) is 5.18. The molecule has 0 fully saturated rings. The minimum Gasteiger partial charge on any atom is -0.170 e. The van der Waals surface area contributed by atoms with Gasteiger partial charge in [-0.05, 0) is 34.5 Å². The van der Waals surface area contributed by atoms with Crippen molar-refractivity contribution < 1.29 is 0 Å². The fraction of sp³-hybridized carbons (Fsp3) is 0.429. The van der Waals surface area contributed by atoms with E-state index < -0.39 is 0 Å². The molecule has 1 unspecified atom stereocenters. The summed E-state index contributed by atoms with van der Waals surface area (Å²) in [7, 11) is 0. The maximum atomic E-state index is 4.42. The van der Waals surface area contributed by atoms with Gasteiger partial charge in [0, 0.05) is 10.1 Å². The topological polar surface area (TPSA) is 0 Å². The number of hydrogen-bond donors (Lipinski definition) is 1. The van der Waals surface area contributed by atoms with Crippen LogP contribution in [0.1, 0.15) is 23.5 Å². The Morgan fingerprint density at radius 2 is 2.40 bits per heavy atom. The number of rotatable bonds is 2. The van der Waals surface area contributed by atoms with Crippen molar-refractivity contribution in [1.82, 2.24) is 0 Å². The third kappa shape index (κ3) is 2.01. The van der Waals surface area contributed by atoms with Gasteiger partial charge in [0.15, 0.2) is 0 Å². The third-order valence-corrected chi connectivity index (χ3v) is 3.86. The molecule has 0 N–H and O–H groups in total. The summed E-state index contributed by atoms with van der Waals surface area (Å²) in [5.74, 6) is 0. The van der Waals surface area contributed by atoms with Gasteiger partial charge in [-0.2, -0.15) is 12.6 Å². The first-order valence-corrected chi connectivity index (χ1v) is 5.30. The van der Waals surface area contributed by atoms with Gasteiger partial charge < -0.3 is 0 Å². The van der Waals surface area contributed by atoms with E-state index in [0.717, 1.165) is 6.42 Å². The van der Waals surface area contributed by atoms with E-state index in [2.05, 4.69) is 47.6 Å². The maximum absolute atomic E-state index is 4.42. The average molecular weight is 237 g/mol. The highest BCUT2D eigenvalue weighted by molar-refractivity contribution is 9.11. The quantitative estimate of drug-likeness (QED) is 0.741. The largest absolute Gasteiger partial charge is 0.170 e. The Hall–Kier alpha value is 0.530. The van der Waals surface area contributed by atoms with Gasteiger partial charge in [0.2, 0.25) is 0 Å². The molecule has 0 nitrogen and oxygen atoms in total. The molecular formula is C7H9BrS2. The minimum atomic E-state index is 0.413. The van der Waals surface area contributed by atoms with Crippen molar-refractivity contribution in [2.45, 2.75) is 18.6 Å². The van der Waals surface area contributed by atoms with E-state index >= 15 is 0 Å². The van der Waals surface area contributed by atoms with Gasteiger partial charge in [0.05, 0.1) is 3.79 Å². The van der Waals surface area contributed by atoms with E-state index in [1.54, 1.807) is 11.3 Å². The summed E-state index contributed by atoms with van der Waals surface area (Å²) < 4.78 is 1.19. The Bertz CT molecular complexity index is 207. The minimum absolute atomic E-state index is 0.413. The summed E-state index contributed by atoms with van der Waals surface area (Å²) in [6, 6.07) is 4.19. The Balaban J connectivity index is 2.74. The molecule has 0 bridgehead atoms. The second-order valence-electron chi connectivity index (χ2n) is 2.07. The molecule has 1 atom stereocenters. The van der Waals surface area contributed by atoms with Crippen LogP contribution in [-0.4, -0.2) is 0 Å². The van der Waals surface area contributed by atoms with Crippen molar-refractivity contribution in [3.63, 3.8) is 0 Å². The van der Waals surface area contributed by atoms with Crippen molar-refractivity contribution in [3.05, 3.63) is 20.8 Å². The summed E-state index contributed by atoms with van der Waals surface area (Å²) in [6.07, 6.45) is 1.09. The molecule has 0 aliphatic heterocycles. The molecule has 10 heavy (non-hydrogen) atoms. The van der Waals surface area contributed by atoms with Gasteiger partial charge in [-0.25, -0.2) is 0 Å². The first-order valence-electron chi connectivity index (χ1n) is 3.17. The molecule has 0 spiro atoms. The highest BCUT2D eigenvalue weighted by Crippen LogP contribution is 2.32. The second kappa shape index (κ2) is 3.79. The normalized spacial score (nSPS) is 13.5. The number of hydrogen-bond acceptors (Lipinski definition) is 2. The average Bonchev–Trinajstić information content (AvgIpc) is 2.34. The lowest BCUT2D eigenvalue weighted by Gasteiger charge is -2.01. The van der Waals surface area contributed by atoms with Gasteiger partial charge in [0.25, 0.3) is 0 Å². The van der Waals surface area contributed by atoms with Gasteiger partial charge in [-0.15, -0.1) is 11.3 Å². The molecule has 0 saturated carbocycles. The molecule has 1 rings (SSSR count). The summed E-state index contributed by atoms with van der Waals surface area (Å²) in [5.41, 5.74) is 0. The molecule has 0 aliphatic rings. The number of thiophene rings is 1. The summed E-state index contributed by atoms with van der Waals surface area (Å²) in [6.45, 7) is 2.14. The Labute approximate surface area is 79.2 Å². The zero-order valence-electron chi connectivity index (χ0n) is 5.67. The van der Waals surface area contributed by atoms with Crippen LogP contribution in [0.5, 0.6) is 0 Å². The van der Waals surface area contributed by atoms with Crippen LogP contribution < -0.4 is 0 Å². The molecule has 3 heteroatoms. The van der Waals surface area contributed by atoms with Crippen molar-refractivity contribution in [3.8, 4) is 0 Å². The Morgan fingerprint density at radius 3 is 2.80 bits per heavy atom. The van der Waals surface area contributed by atoms with Crippen LogP contribution >= 0.6 is 39.9 Å². The van der Waals surface area contributed by atoms with Crippen molar-refractivity contribution in [2.75, 3.05) is 0 Å². The lowest BCUT2D eigenvalue weighted by Crippen LogP contribution is -1.80. The third-order valence-electron chi connectivity index (χ3n) is 1.31. The van der Waals surface area contributed by atoms with Crippen LogP contribution in [0.2, 0.25) is 0 Å². The molecule has 0 amide bonds. The highest BCUT2D eigenvalue weighted by atomic mass is 79.9. The lowest BCUT2D eigenvalue weighted by atomic mass is 10.3. The smallest absolute Gasteiger partial charge is 0.0701 e. The first kappa shape index (κ1) is 8.62. The van der Waals surface area contributed by atoms with Crippen LogP contribution in [0.4, 0.5) is 0 Å². The first-order chi connectivity index (χ1) is 4.74. The molecule has 0 radical (unpaired) electrons. The van der Waals surface area contributed by atoms with Crippen LogP contribution in [0.15, 0.2) is 15.9 Å². The van der Waals surface area contributed by atoms with Crippen LogP contribution in [0.25, 0.3) is 0 Å². The molecule has 0 aromatic carbocycles. The SMILES string of the molecule is CCC(S)c1ccc(Br)s1. The Kier molecular flexibility index (Phi) is 3.27. The van der Waals surface area contributed by atoms with Crippen molar-refractivity contribution in [1.29, 1.82) is 0 Å². The monoisotopic (exact) mass is 236 g/mol. The zero-order valence-corrected chi connectivity index (χ0v) is 8.97. The van der Waals surface area contributed by atoms with Crippen molar-refractivity contribution >= 4 is 39.9 Å². The molecule has 1 aromatic rings. The molecule has 1 aromatic heterocycles. The lowest BCUT2D eigenvalue weighted by molar-refractivity contribution is 0.920. The van der Waals surface area contributed by atoms with Gasteiger partial charge in [0.1, 0.15) is 0 Å². The van der Waals surface area contributed by atoms with Gasteiger partial charge in [-0.3, -0.25) is 0 Å². The fourth-order valence-electron chi connectivity index (χ4n) is 0.709. The van der Waals surface area contributed by atoms with Crippen LogP contribution in [-0.2, 0) is 0 Å². The highest BCUT2D eigenvalue weighted by Gasteiger charge is 2.05. The van der Waals surface area contributed by atoms with Crippen LogP contribution in [0.3, 0.4) is 0 Å². The van der Waals surface area contributed by atoms with Crippen molar-refractivity contribution in [2.24, 2.45) is 0 Å². The maximum Gasteiger partial charge on any atom is 0.0701 e. The fourth-order valence-corrected chi connectivity index (χ4v) is 2.45. The van der Waals surface area contributed by atoms with Gasteiger partial charge in [-0.1, -0.05) is 6.92 Å². The molecule has 1 heterocycles. The summed E-state index contributed by atoms with van der Waals surface area (Å²) in [4.78, 5) is 1.35. The van der Waals surface area contributed by atoms with E-state index in [-0.39, 0.29) is 0 Å². The van der Waals surface area contributed by atoms with E-state index in [1.165, 1.54) is 8.66 Å². The molecule has 0 saturated heterocycles. The van der Waals surface area contributed by atoms with Crippen LogP contribution in [0, 0.1) is 0 Å². The summed E-state index contributed by atoms with van der Waals surface area (Å²) >= 11 is 9.60. The predicted molar refractivity (Wildman–Crippen MR) is 54.0 cm³/mol. The Morgan fingerprint density at radius 1 is 1.70 bits per heavy atom. The van der Waals surface area contributed by atoms with E-state index in [4.69, 9.17) is 0 Å². The molecule has 56 valence electrons. The number of thiol groups is 1. The number of halogens is 1. The van der Waals surface area contributed by atoms with E-state index in [1.807, 2.05) is 0 Å². The molecule has 0 aliphatic carbocycles. The standard InChI is InChI=1S/C7H9BrS2/c1-2-5(9)6-3-4-7(8)10-6/h3-5,9H,2H2,1H3. The van der Waals surface area contributed by atoms with E-state index in [9.17, 15) is 0 Å². The summed E-state index contributed by atoms with van der Waals surface area (Å²) in [5, 5.41) is 0.413. The molecular weight excluding hydrogens is 228 g/mol.